The zero-order valence-electron chi connectivity index (χ0n) is 6.90. The van der Waals surface area contributed by atoms with Crippen LogP contribution in [0.5, 0.6) is 0 Å². The molecule has 1 atom stereocenters. The Hall–Kier alpha value is -1.20. The molecule has 2 N–H and O–H groups in total. The summed E-state index contributed by atoms with van der Waals surface area (Å²) in [5.74, 6) is -0.718. The number of nitrogens with one attached hydrogen (secondary N) is 2. The number of hydrogen-bond donors (Lipinski definition) is 2. The number of amides is 1. The highest BCUT2D eigenvalue weighted by Gasteiger charge is 2.36. The van der Waals surface area contributed by atoms with Gasteiger partial charge in [0, 0.05) is 18.7 Å². The summed E-state index contributed by atoms with van der Waals surface area (Å²) in [6, 6.07) is -0.417. The summed E-state index contributed by atoms with van der Waals surface area (Å²) in [4.78, 5) is 10.8. The Labute approximate surface area is 73.0 Å². The average Bonchev–Trinajstić information content (AvgIpc) is 2.12. The first-order valence-corrected chi connectivity index (χ1v) is 3.73. The van der Waals surface area contributed by atoms with Gasteiger partial charge >= 0.3 is 6.18 Å². The van der Waals surface area contributed by atoms with E-state index in [2.05, 4.69) is 10.6 Å². The van der Waals surface area contributed by atoms with Crippen LogP contribution >= 0.6 is 0 Å². The Balaban J connectivity index is 2.86. The number of carbonyl (C=O) groups excluding carboxylic acids is 1. The van der Waals surface area contributed by atoms with Gasteiger partial charge in [-0.15, -0.1) is 0 Å². The van der Waals surface area contributed by atoms with Crippen LogP contribution in [0.25, 0.3) is 0 Å². The lowest BCUT2D eigenvalue weighted by atomic mass is 10.3. The van der Waals surface area contributed by atoms with E-state index in [4.69, 9.17) is 0 Å². The third-order valence-electron chi connectivity index (χ3n) is 1.57. The lowest BCUT2D eigenvalue weighted by Gasteiger charge is -2.16. The molecule has 1 aliphatic heterocycles. The first kappa shape index (κ1) is 9.88. The van der Waals surface area contributed by atoms with E-state index >= 15 is 0 Å². The van der Waals surface area contributed by atoms with Crippen LogP contribution in [0.4, 0.5) is 13.2 Å². The van der Waals surface area contributed by atoms with Gasteiger partial charge in [0.05, 0.1) is 0 Å². The summed E-state index contributed by atoms with van der Waals surface area (Å²) in [6.45, 7) is 1.75. The van der Waals surface area contributed by atoms with E-state index in [0.29, 0.717) is 6.08 Å². The van der Waals surface area contributed by atoms with E-state index in [9.17, 15) is 18.0 Å². The molecule has 0 saturated carbocycles. The molecule has 0 fully saturated rings. The van der Waals surface area contributed by atoms with Crippen molar-refractivity contribution in [3.05, 3.63) is 11.8 Å². The predicted molar refractivity (Wildman–Crippen MR) is 39.7 cm³/mol. The van der Waals surface area contributed by atoms with Crippen molar-refractivity contribution in [2.24, 2.45) is 0 Å². The normalized spacial score (nSPS) is 24.2. The summed E-state index contributed by atoms with van der Waals surface area (Å²) in [5, 5.41) is 4.52. The molecule has 3 nitrogen and oxygen atoms in total. The van der Waals surface area contributed by atoms with E-state index < -0.39 is 23.8 Å². The van der Waals surface area contributed by atoms with Crippen molar-refractivity contribution < 1.29 is 18.0 Å². The highest BCUT2D eigenvalue weighted by atomic mass is 19.4. The summed E-state index contributed by atoms with van der Waals surface area (Å²) in [7, 11) is 0. The van der Waals surface area contributed by atoms with Crippen LogP contribution in [-0.2, 0) is 4.79 Å². The van der Waals surface area contributed by atoms with Crippen LogP contribution in [0, 0.1) is 0 Å². The maximum atomic E-state index is 12.2. The van der Waals surface area contributed by atoms with E-state index in [1.165, 1.54) is 0 Å². The number of halogens is 3. The van der Waals surface area contributed by atoms with Crippen molar-refractivity contribution in [3.63, 3.8) is 0 Å². The lowest BCUT2D eigenvalue weighted by Crippen LogP contribution is -2.36. The molecule has 0 aromatic carbocycles. The van der Waals surface area contributed by atoms with E-state index in [1.54, 1.807) is 6.92 Å². The molecule has 0 aromatic heterocycles. The van der Waals surface area contributed by atoms with Crippen molar-refractivity contribution in [1.29, 1.82) is 0 Å². The van der Waals surface area contributed by atoms with E-state index in [0.717, 1.165) is 0 Å². The van der Waals surface area contributed by atoms with Crippen LogP contribution in [0.15, 0.2) is 11.8 Å². The van der Waals surface area contributed by atoms with Gasteiger partial charge in [-0.25, -0.2) is 0 Å². The van der Waals surface area contributed by atoms with Crippen LogP contribution in [0.2, 0.25) is 0 Å². The molecule has 1 aliphatic rings. The second kappa shape index (κ2) is 3.27. The molecule has 1 heterocycles. The minimum Gasteiger partial charge on any atom is -0.377 e. The Morgan fingerprint density at radius 1 is 1.54 bits per heavy atom. The fraction of sp³-hybridized carbons (Fsp3) is 0.571. The summed E-state index contributed by atoms with van der Waals surface area (Å²) in [6.07, 6.45) is -3.96. The highest BCUT2D eigenvalue weighted by Crippen LogP contribution is 2.24. The second-order valence-electron chi connectivity index (χ2n) is 2.85. The SMILES string of the molecule is CC1CNC(=O)C=C(C(F)(F)F)N1. The number of carbonyl (C=O) groups is 1. The van der Waals surface area contributed by atoms with Gasteiger partial charge in [-0.05, 0) is 6.92 Å². The number of alkyl halides is 3. The number of rotatable bonds is 0. The van der Waals surface area contributed by atoms with Crippen molar-refractivity contribution in [1.82, 2.24) is 10.6 Å². The van der Waals surface area contributed by atoms with Gasteiger partial charge in [0.1, 0.15) is 5.70 Å². The van der Waals surface area contributed by atoms with Gasteiger partial charge in [0.25, 0.3) is 0 Å². The molecule has 74 valence electrons. The standard InChI is InChI=1S/C7H9F3N2O/c1-4-3-11-6(13)2-5(12-4)7(8,9)10/h2,4,12H,3H2,1H3,(H,11,13). The molecule has 0 saturated heterocycles. The molecule has 13 heavy (non-hydrogen) atoms. The van der Waals surface area contributed by atoms with E-state index in [1.807, 2.05) is 0 Å². The molecule has 1 rings (SSSR count). The predicted octanol–water partition coefficient (Wildman–Crippen LogP) is 0.540. The van der Waals surface area contributed by atoms with Gasteiger partial charge in [0.15, 0.2) is 0 Å². The Morgan fingerprint density at radius 2 is 2.15 bits per heavy atom. The fourth-order valence-electron chi connectivity index (χ4n) is 0.958. The Bertz CT molecular complexity index is 247. The van der Waals surface area contributed by atoms with Crippen molar-refractivity contribution in [2.45, 2.75) is 19.1 Å². The zero-order chi connectivity index (χ0) is 10.1. The molecule has 0 bridgehead atoms. The fourth-order valence-corrected chi connectivity index (χ4v) is 0.958. The van der Waals surface area contributed by atoms with Gasteiger partial charge in [0.2, 0.25) is 5.91 Å². The third kappa shape index (κ3) is 2.64. The third-order valence-corrected chi connectivity index (χ3v) is 1.57. The second-order valence-corrected chi connectivity index (χ2v) is 2.85. The molecule has 0 aliphatic carbocycles. The summed E-state index contributed by atoms with van der Waals surface area (Å²) in [5.41, 5.74) is -0.991. The van der Waals surface area contributed by atoms with Gasteiger partial charge in [-0.1, -0.05) is 0 Å². The van der Waals surface area contributed by atoms with Crippen LogP contribution in [0.3, 0.4) is 0 Å². The molecule has 1 unspecified atom stereocenters. The van der Waals surface area contributed by atoms with Crippen molar-refractivity contribution in [2.75, 3.05) is 6.54 Å². The van der Waals surface area contributed by atoms with Gasteiger partial charge in [-0.3, -0.25) is 4.79 Å². The Morgan fingerprint density at radius 3 is 2.69 bits per heavy atom. The van der Waals surface area contributed by atoms with Crippen molar-refractivity contribution >= 4 is 5.91 Å². The minimum absolute atomic E-state index is 0.189. The van der Waals surface area contributed by atoms with Crippen LogP contribution in [0.1, 0.15) is 6.92 Å². The first-order chi connectivity index (χ1) is 5.89. The largest absolute Gasteiger partial charge is 0.431 e. The monoisotopic (exact) mass is 194 g/mol. The molecular formula is C7H9F3N2O. The quantitative estimate of drug-likeness (QED) is 0.591. The number of allylic oxidation sites excluding steroid dienone is 1. The molecule has 1 amide bonds. The van der Waals surface area contributed by atoms with Gasteiger partial charge < -0.3 is 10.6 Å². The Kier molecular flexibility index (Phi) is 2.49. The lowest BCUT2D eigenvalue weighted by molar-refractivity contribution is -0.117. The van der Waals surface area contributed by atoms with Crippen molar-refractivity contribution in [3.8, 4) is 0 Å². The minimum atomic E-state index is -4.49. The number of hydrogen-bond acceptors (Lipinski definition) is 2. The van der Waals surface area contributed by atoms with Gasteiger partial charge in [-0.2, -0.15) is 13.2 Å². The van der Waals surface area contributed by atoms with Crippen LogP contribution < -0.4 is 10.6 Å². The maximum absolute atomic E-state index is 12.2. The summed E-state index contributed by atoms with van der Waals surface area (Å²) < 4.78 is 36.5. The average molecular weight is 194 g/mol. The maximum Gasteiger partial charge on any atom is 0.431 e. The molecule has 0 radical (unpaired) electrons. The highest BCUT2D eigenvalue weighted by molar-refractivity contribution is 5.88. The van der Waals surface area contributed by atoms with E-state index in [-0.39, 0.29) is 6.54 Å². The first-order valence-electron chi connectivity index (χ1n) is 3.73. The topological polar surface area (TPSA) is 41.1 Å². The molecule has 6 heteroatoms. The molecular weight excluding hydrogens is 185 g/mol. The zero-order valence-corrected chi connectivity index (χ0v) is 6.90. The summed E-state index contributed by atoms with van der Waals surface area (Å²) >= 11 is 0. The van der Waals surface area contributed by atoms with Crippen LogP contribution in [-0.4, -0.2) is 24.7 Å². The molecule has 0 aromatic rings. The smallest absolute Gasteiger partial charge is 0.377 e. The molecule has 0 spiro atoms.